The lowest BCUT2D eigenvalue weighted by atomic mass is 10.0. The SMILES string of the molecule is CCc1cccc(CC)c1NC(=O)CN1CCOc2cc(N)ccc2C1. The zero-order valence-corrected chi connectivity index (χ0v) is 15.5. The van der Waals surface area contributed by atoms with E-state index in [1.54, 1.807) is 0 Å². The third kappa shape index (κ3) is 4.17. The molecule has 26 heavy (non-hydrogen) atoms. The van der Waals surface area contributed by atoms with Crippen molar-refractivity contribution in [1.29, 1.82) is 0 Å². The number of nitrogens with one attached hydrogen (secondary N) is 1. The molecule has 0 radical (unpaired) electrons. The van der Waals surface area contributed by atoms with E-state index < -0.39 is 0 Å². The average molecular weight is 353 g/mol. The maximum atomic E-state index is 12.7. The predicted octanol–water partition coefficient (Wildman–Crippen LogP) is 3.23. The summed E-state index contributed by atoms with van der Waals surface area (Å²) in [5, 5.41) is 3.14. The molecule has 0 unspecified atom stereocenters. The summed E-state index contributed by atoms with van der Waals surface area (Å²) < 4.78 is 5.78. The molecule has 0 spiro atoms. The Labute approximate surface area is 155 Å². The Bertz CT molecular complexity index is 767. The minimum Gasteiger partial charge on any atom is -0.492 e. The maximum absolute atomic E-state index is 12.7. The zero-order valence-electron chi connectivity index (χ0n) is 15.5. The van der Waals surface area contributed by atoms with Gasteiger partial charge in [0.25, 0.3) is 0 Å². The van der Waals surface area contributed by atoms with Crippen molar-refractivity contribution >= 4 is 17.3 Å². The van der Waals surface area contributed by atoms with Gasteiger partial charge in [0.05, 0.1) is 6.54 Å². The van der Waals surface area contributed by atoms with Crippen LogP contribution in [0, 0.1) is 0 Å². The Hall–Kier alpha value is -2.53. The quantitative estimate of drug-likeness (QED) is 0.810. The number of ether oxygens (including phenoxy) is 1. The van der Waals surface area contributed by atoms with Crippen LogP contribution in [0.15, 0.2) is 36.4 Å². The zero-order chi connectivity index (χ0) is 18.5. The average Bonchev–Trinajstić information content (AvgIpc) is 2.83. The van der Waals surface area contributed by atoms with Gasteiger partial charge >= 0.3 is 0 Å². The van der Waals surface area contributed by atoms with Gasteiger partial charge in [0, 0.05) is 36.1 Å². The van der Waals surface area contributed by atoms with Gasteiger partial charge in [0.15, 0.2) is 0 Å². The van der Waals surface area contributed by atoms with Crippen LogP contribution in [0.2, 0.25) is 0 Å². The molecular weight excluding hydrogens is 326 g/mol. The highest BCUT2D eigenvalue weighted by Crippen LogP contribution is 2.26. The van der Waals surface area contributed by atoms with E-state index in [0.29, 0.717) is 31.9 Å². The molecule has 3 rings (SSSR count). The van der Waals surface area contributed by atoms with Gasteiger partial charge in [-0.2, -0.15) is 0 Å². The monoisotopic (exact) mass is 353 g/mol. The number of nitrogens with two attached hydrogens (primary N) is 1. The molecular formula is C21H27N3O2. The summed E-state index contributed by atoms with van der Waals surface area (Å²) in [5.74, 6) is 0.831. The van der Waals surface area contributed by atoms with Gasteiger partial charge in [-0.1, -0.05) is 38.1 Å². The van der Waals surface area contributed by atoms with E-state index >= 15 is 0 Å². The summed E-state index contributed by atoms with van der Waals surface area (Å²) in [7, 11) is 0. The van der Waals surface area contributed by atoms with Gasteiger partial charge in [-0.05, 0) is 30.0 Å². The summed E-state index contributed by atoms with van der Waals surface area (Å²) in [6.07, 6.45) is 1.80. The normalized spacial score (nSPS) is 14.2. The number of nitrogens with zero attached hydrogens (tertiary/aromatic N) is 1. The molecule has 3 N–H and O–H groups in total. The summed E-state index contributed by atoms with van der Waals surface area (Å²) in [6, 6.07) is 11.9. The van der Waals surface area contributed by atoms with Crippen molar-refractivity contribution < 1.29 is 9.53 Å². The van der Waals surface area contributed by atoms with Crippen molar-refractivity contribution in [2.24, 2.45) is 0 Å². The van der Waals surface area contributed by atoms with Crippen molar-refractivity contribution in [1.82, 2.24) is 4.90 Å². The molecule has 0 fully saturated rings. The fourth-order valence-electron chi connectivity index (χ4n) is 3.36. The predicted molar refractivity (Wildman–Crippen MR) is 105 cm³/mol. The number of benzene rings is 2. The van der Waals surface area contributed by atoms with E-state index in [1.807, 2.05) is 18.2 Å². The number of carbonyl (C=O) groups is 1. The third-order valence-corrected chi connectivity index (χ3v) is 4.78. The number of para-hydroxylation sites is 1. The van der Waals surface area contributed by atoms with Gasteiger partial charge in [-0.15, -0.1) is 0 Å². The first-order valence-electron chi connectivity index (χ1n) is 9.24. The molecule has 2 aromatic rings. The number of amides is 1. The Kier molecular flexibility index (Phi) is 5.78. The fraction of sp³-hybridized carbons (Fsp3) is 0.381. The molecule has 0 aliphatic carbocycles. The summed E-state index contributed by atoms with van der Waals surface area (Å²) >= 11 is 0. The maximum Gasteiger partial charge on any atom is 0.238 e. The molecule has 0 aromatic heterocycles. The van der Waals surface area contributed by atoms with E-state index in [4.69, 9.17) is 10.5 Å². The van der Waals surface area contributed by atoms with Gasteiger partial charge in [-0.25, -0.2) is 0 Å². The molecule has 0 saturated carbocycles. The Morgan fingerprint density at radius 3 is 2.62 bits per heavy atom. The number of aryl methyl sites for hydroxylation is 2. The van der Waals surface area contributed by atoms with Crippen molar-refractivity contribution in [3.63, 3.8) is 0 Å². The number of carbonyl (C=O) groups excluding carboxylic acids is 1. The molecule has 0 bridgehead atoms. The fourth-order valence-corrected chi connectivity index (χ4v) is 3.36. The topological polar surface area (TPSA) is 67.6 Å². The first kappa shape index (κ1) is 18.3. The number of fused-ring (bicyclic) bond motifs is 1. The lowest BCUT2D eigenvalue weighted by molar-refractivity contribution is -0.117. The molecule has 138 valence electrons. The number of nitrogen functional groups attached to an aromatic ring is 1. The molecule has 1 heterocycles. The van der Waals surface area contributed by atoms with Crippen molar-refractivity contribution in [3.05, 3.63) is 53.1 Å². The highest BCUT2D eigenvalue weighted by Gasteiger charge is 2.19. The van der Waals surface area contributed by atoms with Crippen molar-refractivity contribution in [3.8, 4) is 5.75 Å². The van der Waals surface area contributed by atoms with E-state index in [9.17, 15) is 4.79 Å². The molecule has 5 nitrogen and oxygen atoms in total. The first-order chi connectivity index (χ1) is 12.6. The van der Waals surface area contributed by atoms with Crippen LogP contribution in [0.25, 0.3) is 0 Å². The molecule has 0 saturated heterocycles. The van der Waals surface area contributed by atoms with E-state index in [0.717, 1.165) is 29.8 Å². The lowest BCUT2D eigenvalue weighted by Crippen LogP contribution is -2.34. The standard InChI is InChI=1S/C21H27N3O2/c1-3-15-6-5-7-16(4-2)21(15)23-20(25)14-24-10-11-26-19-12-18(22)9-8-17(19)13-24/h5-9,12H,3-4,10-11,13-14,22H2,1-2H3,(H,23,25). The second kappa shape index (κ2) is 8.23. The highest BCUT2D eigenvalue weighted by molar-refractivity contribution is 5.93. The van der Waals surface area contributed by atoms with Crippen LogP contribution in [0.4, 0.5) is 11.4 Å². The van der Waals surface area contributed by atoms with Gasteiger partial charge in [0.1, 0.15) is 12.4 Å². The number of anilines is 2. The second-order valence-corrected chi connectivity index (χ2v) is 6.63. The summed E-state index contributed by atoms with van der Waals surface area (Å²) in [4.78, 5) is 14.8. The number of rotatable bonds is 5. The van der Waals surface area contributed by atoms with Crippen LogP contribution < -0.4 is 15.8 Å². The van der Waals surface area contributed by atoms with Crippen LogP contribution in [-0.4, -0.2) is 30.5 Å². The van der Waals surface area contributed by atoms with Gasteiger partial charge in [-0.3, -0.25) is 9.69 Å². The highest BCUT2D eigenvalue weighted by atomic mass is 16.5. The minimum absolute atomic E-state index is 0.0134. The third-order valence-electron chi connectivity index (χ3n) is 4.78. The van der Waals surface area contributed by atoms with Gasteiger partial charge in [0.2, 0.25) is 5.91 Å². The Morgan fingerprint density at radius 1 is 1.19 bits per heavy atom. The van der Waals surface area contributed by atoms with Crippen LogP contribution in [0.3, 0.4) is 0 Å². The molecule has 0 atom stereocenters. The van der Waals surface area contributed by atoms with Crippen LogP contribution in [0.1, 0.15) is 30.5 Å². The van der Waals surface area contributed by atoms with Gasteiger partial charge < -0.3 is 15.8 Å². The first-order valence-corrected chi connectivity index (χ1v) is 9.24. The Balaban J connectivity index is 1.70. The molecule has 2 aromatic carbocycles. The van der Waals surface area contributed by atoms with Crippen molar-refractivity contribution in [2.75, 3.05) is 30.7 Å². The summed E-state index contributed by atoms with van der Waals surface area (Å²) in [5.41, 5.74) is 10.9. The Morgan fingerprint density at radius 2 is 1.92 bits per heavy atom. The smallest absolute Gasteiger partial charge is 0.238 e. The van der Waals surface area contributed by atoms with E-state index in [2.05, 4.69) is 42.3 Å². The van der Waals surface area contributed by atoms with E-state index in [-0.39, 0.29) is 5.91 Å². The molecule has 1 amide bonds. The molecule has 5 heteroatoms. The van der Waals surface area contributed by atoms with Crippen LogP contribution in [0.5, 0.6) is 5.75 Å². The number of hydrogen-bond acceptors (Lipinski definition) is 4. The second-order valence-electron chi connectivity index (χ2n) is 6.63. The molecule has 1 aliphatic heterocycles. The minimum atomic E-state index is 0.0134. The number of hydrogen-bond donors (Lipinski definition) is 2. The molecule has 1 aliphatic rings. The van der Waals surface area contributed by atoms with E-state index in [1.165, 1.54) is 11.1 Å². The lowest BCUT2D eigenvalue weighted by Gasteiger charge is -2.20. The van der Waals surface area contributed by atoms with Crippen LogP contribution in [-0.2, 0) is 24.2 Å². The van der Waals surface area contributed by atoms with Crippen molar-refractivity contribution in [2.45, 2.75) is 33.2 Å². The largest absolute Gasteiger partial charge is 0.492 e. The van der Waals surface area contributed by atoms with Crippen LogP contribution >= 0.6 is 0 Å². The summed E-state index contributed by atoms with van der Waals surface area (Å²) in [6.45, 7) is 6.50.